The maximum absolute atomic E-state index is 4.90. The Labute approximate surface area is 121 Å². The van der Waals surface area contributed by atoms with Crippen molar-refractivity contribution in [1.82, 2.24) is 15.1 Å². The molecule has 1 atom stereocenters. The quantitative estimate of drug-likeness (QED) is 0.907. The van der Waals surface area contributed by atoms with Crippen molar-refractivity contribution in [2.45, 2.75) is 45.7 Å². The molecular weight excluding hydrogens is 246 g/mol. The molecule has 0 aliphatic carbocycles. The fourth-order valence-corrected chi connectivity index (χ4v) is 3.02. The van der Waals surface area contributed by atoms with Gasteiger partial charge in [-0.3, -0.25) is 4.68 Å². The van der Waals surface area contributed by atoms with Gasteiger partial charge in [0.15, 0.2) is 0 Å². The van der Waals surface area contributed by atoms with Crippen molar-refractivity contribution in [3.8, 4) is 11.3 Å². The summed E-state index contributed by atoms with van der Waals surface area (Å²) in [5.41, 5.74) is 5.30. The highest BCUT2D eigenvalue weighted by molar-refractivity contribution is 5.65. The lowest BCUT2D eigenvalue weighted by atomic mass is 10.00. The first-order chi connectivity index (χ1) is 9.66. The summed E-state index contributed by atoms with van der Waals surface area (Å²) >= 11 is 0. The number of hydrogen-bond acceptors (Lipinski definition) is 2. The van der Waals surface area contributed by atoms with Crippen molar-refractivity contribution >= 4 is 0 Å². The highest BCUT2D eigenvalue weighted by Crippen LogP contribution is 2.31. The van der Waals surface area contributed by atoms with Gasteiger partial charge in [-0.1, -0.05) is 30.3 Å². The van der Waals surface area contributed by atoms with Gasteiger partial charge in [0.2, 0.25) is 0 Å². The zero-order valence-electron chi connectivity index (χ0n) is 12.6. The van der Waals surface area contributed by atoms with E-state index in [0.717, 1.165) is 19.4 Å². The van der Waals surface area contributed by atoms with E-state index in [1.54, 1.807) is 0 Å². The molecule has 1 aromatic carbocycles. The number of fused-ring (bicyclic) bond motifs is 1. The third-order valence-corrected chi connectivity index (χ3v) is 3.99. The van der Waals surface area contributed by atoms with E-state index >= 15 is 0 Å². The van der Waals surface area contributed by atoms with E-state index < -0.39 is 0 Å². The number of hydrogen-bond donors (Lipinski definition) is 1. The zero-order chi connectivity index (χ0) is 14.1. The van der Waals surface area contributed by atoms with Gasteiger partial charge in [0, 0.05) is 36.2 Å². The fourth-order valence-electron chi connectivity index (χ4n) is 3.02. The van der Waals surface area contributed by atoms with Crippen LogP contribution in [0.3, 0.4) is 0 Å². The van der Waals surface area contributed by atoms with Crippen LogP contribution in [0.4, 0.5) is 0 Å². The van der Waals surface area contributed by atoms with E-state index in [9.17, 15) is 0 Å². The van der Waals surface area contributed by atoms with E-state index in [1.807, 2.05) is 0 Å². The van der Waals surface area contributed by atoms with E-state index in [2.05, 4.69) is 61.1 Å². The molecule has 2 aromatic rings. The Morgan fingerprint density at radius 2 is 2.00 bits per heavy atom. The molecule has 0 spiro atoms. The second-order valence-electron chi connectivity index (χ2n) is 5.99. The van der Waals surface area contributed by atoms with E-state index in [0.29, 0.717) is 12.1 Å². The van der Waals surface area contributed by atoms with Crippen molar-refractivity contribution in [1.29, 1.82) is 0 Å². The van der Waals surface area contributed by atoms with Gasteiger partial charge in [0.25, 0.3) is 0 Å². The van der Waals surface area contributed by atoms with E-state index in [1.165, 1.54) is 22.5 Å². The summed E-state index contributed by atoms with van der Waals surface area (Å²) in [5.74, 6) is 0. The van der Waals surface area contributed by atoms with Crippen LogP contribution in [0.15, 0.2) is 30.3 Å². The number of benzene rings is 1. The predicted octanol–water partition coefficient (Wildman–Crippen LogP) is 3.21. The van der Waals surface area contributed by atoms with Gasteiger partial charge in [-0.15, -0.1) is 0 Å². The Kier molecular flexibility index (Phi) is 3.62. The van der Waals surface area contributed by atoms with Gasteiger partial charge in [0.05, 0.1) is 11.4 Å². The second kappa shape index (κ2) is 5.41. The first-order valence-electron chi connectivity index (χ1n) is 7.56. The summed E-state index contributed by atoms with van der Waals surface area (Å²) in [5, 5.41) is 8.45. The van der Waals surface area contributed by atoms with E-state index in [-0.39, 0.29) is 0 Å². The average Bonchev–Trinajstić information content (AvgIpc) is 2.69. The molecule has 2 heterocycles. The molecule has 20 heavy (non-hydrogen) atoms. The molecule has 0 fully saturated rings. The largest absolute Gasteiger partial charge is 0.314 e. The van der Waals surface area contributed by atoms with Crippen molar-refractivity contribution < 1.29 is 0 Å². The van der Waals surface area contributed by atoms with Gasteiger partial charge >= 0.3 is 0 Å². The minimum Gasteiger partial charge on any atom is -0.314 e. The third kappa shape index (κ3) is 2.38. The molecule has 3 nitrogen and oxygen atoms in total. The summed E-state index contributed by atoms with van der Waals surface area (Å²) in [6.45, 7) is 7.70. The van der Waals surface area contributed by atoms with Crippen LogP contribution in [0.2, 0.25) is 0 Å². The van der Waals surface area contributed by atoms with Crippen LogP contribution in [0.25, 0.3) is 11.3 Å². The molecule has 0 radical (unpaired) electrons. The summed E-state index contributed by atoms with van der Waals surface area (Å²) in [4.78, 5) is 0. The first-order valence-corrected chi connectivity index (χ1v) is 7.56. The fraction of sp³-hybridized carbons (Fsp3) is 0.471. The van der Waals surface area contributed by atoms with Crippen LogP contribution in [0.5, 0.6) is 0 Å². The summed E-state index contributed by atoms with van der Waals surface area (Å²) in [6.07, 6.45) is 2.09. The summed E-state index contributed by atoms with van der Waals surface area (Å²) in [7, 11) is 0. The van der Waals surface area contributed by atoms with E-state index in [4.69, 9.17) is 5.10 Å². The monoisotopic (exact) mass is 269 g/mol. The van der Waals surface area contributed by atoms with Crippen LogP contribution in [0, 0.1) is 0 Å². The molecule has 1 unspecified atom stereocenters. The summed E-state index contributed by atoms with van der Waals surface area (Å²) < 4.78 is 2.21. The average molecular weight is 269 g/mol. The van der Waals surface area contributed by atoms with Crippen LogP contribution in [0.1, 0.15) is 38.1 Å². The molecule has 1 aliphatic heterocycles. The Morgan fingerprint density at radius 3 is 2.70 bits per heavy atom. The van der Waals surface area contributed by atoms with Gasteiger partial charge < -0.3 is 5.32 Å². The van der Waals surface area contributed by atoms with Gasteiger partial charge in [0.1, 0.15) is 0 Å². The Bertz CT molecular complexity index is 584. The zero-order valence-corrected chi connectivity index (χ0v) is 12.6. The Hall–Kier alpha value is -1.61. The lowest BCUT2D eigenvalue weighted by molar-refractivity contribution is 0.521. The topological polar surface area (TPSA) is 29.9 Å². The maximum Gasteiger partial charge on any atom is 0.0720 e. The predicted molar refractivity (Wildman–Crippen MR) is 82.9 cm³/mol. The highest BCUT2D eigenvalue weighted by Gasteiger charge is 2.23. The molecular formula is C17H23N3. The maximum atomic E-state index is 4.90. The summed E-state index contributed by atoms with van der Waals surface area (Å²) in [6, 6.07) is 11.6. The number of rotatable bonds is 2. The molecule has 1 aromatic heterocycles. The molecule has 1 aliphatic rings. The van der Waals surface area contributed by atoms with Gasteiger partial charge in [-0.2, -0.15) is 5.10 Å². The molecule has 0 amide bonds. The molecule has 0 saturated carbocycles. The molecule has 106 valence electrons. The number of nitrogens with one attached hydrogen (secondary N) is 1. The van der Waals surface area contributed by atoms with Crippen LogP contribution in [-0.4, -0.2) is 22.4 Å². The van der Waals surface area contributed by atoms with Crippen molar-refractivity contribution in [3.63, 3.8) is 0 Å². The minimum atomic E-state index is 0.389. The van der Waals surface area contributed by atoms with Crippen LogP contribution >= 0.6 is 0 Å². The SMILES string of the molecule is CC1Cc2c(nn(C(C)C)c2-c2ccccc2)CCN1. The third-order valence-electron chi connectivity index (χ3n) is 3.99. The second-order valence-corrected chi connectivity index (χ2v) is 5.99. The molecule has 3 rings (SSSR count). The number of aromatic nitrogens is 2. The van der Waals surface area contributed by atoms with Crippen LogP contribution in [-0.2, 0) is 12.8 Å². The standard InChI is InChI=1S/C17H23N3/c1-12(2)20-17(14-7-5-4-6-8-14)15-11-13(3)18-10-9-16(15)19-20/h4-8,12-13,18H,9-11H2,1-3H3. The highest BCUT2D eigenvalue weighted by atomic mass is 15.3. The van der Waals surface area contributed by atoms with Crippen LogP contribution < -0.4 is 5.32 Å². The Morgan fingerprint density at radius 1 is 1.25 bits per heavy atom. The van der Waals surface area contributed by atoms with Crippen molar-refractivity contribution in [2.75, 3.05) is 6.54 Å². The van der Waals surface area contributed by atoms with Gasteiger partial charge in [-0.25, -0.2) is 0 Å². The van der Waals surface area contributed by atoms with Crippen molar-refractivity contribution in [2.24, 2.45) is 0 Å². The Balaban J connectivity index is 2.17. The molecule has 0 saturated heterocycles. The van der Waals surface area contributed by atoms with Gasteiger partial charge in [-0.05, 0) is 27.2 Å². The smallest absolute Gasteiger partial charge is 0.0720 e. The minimum absolute atomic E-state index is 0.389. The molecule has 1 N–H and O–H groups in total. The molecule has 0 bridgehead atoms. The first kappa shape index (κ1) is 13.4. The number of nitrogens with zero attached hydrogens (tertiary/aromatic N) is 2. The van der Waals surface area contributed by atoms with Crippen molar-refractivity contribution in [3.05, 3.63) is 41.6 Å². The lowest BCUT2D eigenvalue weighted by Crippen LogP contribution is -2.27. The lowest BCUT2D eigenvalue weighted by Gasteiger charge is -2.15. The molecule has 3 heteroatoms. The normalized spacial score (nSPS) is 18.9.